The number of benzene rings is 1. The zero-order valence-electron chi connectivity index (χ0n) is 17.4. The highest BCUT2D eigenvalue weighted by Crippen LogP contribution is 2.52. The lowest BCUT2D eigenvalue weighted by Gasteiger charge is -2.27. The van der Waals surface area contributed by atoms with Crippen LogP contribution in [-0.2, 0) is 25.2 Å². The Morgan fingerprint density at radius 2 is 1.62 bits per heavy atom. The van der Waals surface area contributed by atoms with Gasteiger partial charge in [0.1, 0.15) is 0 Å². The molecule has 1 aromatic rings. The van der Waals surface area contributed by atoms with Gasteiger partial charge in [-0.25, -0.2) is 8.37 Å². The lowest BCUT2D eigenvalue weighted by atomic mass is 9.82. The van der Waals surface area contributed by atoms with E-state index in [4.69, 9.17) is 8.37 Å². The van der Waals surface area contributed by atoms with Crippen LogP contribution in [0.3, 0.4) is 0 Å². The van der Waals surface area contributed by atoms with E-state index in [-0.39, 0.29) is 29.5 Å². The molecule has 1 aliphatic heterocycles. The Morgan fingerprint density at radius 1 is 0.966 bits per heavy atom. The summed E-state index contributed by atoms with van der Waals surface area (Å²) in [6.45, 7) is 4.55. The molecule has 158 valence electrons. The average Bonchev–Trinajstić information content (AvgIpc) is 2.79. The van der Waals surface area contributed by atoms with E-state index in [0.717, 1.165) is 37.7 Å². The Labute approximate surface area is 175 Å². The maximum absolute atomic E-state index is 12.7. The molecule has 5 heteroatoms. The molecular weight excluding hydrogens is 384 g/mol. The lowest BCUT2D eigenvalue weighted by molar-refractivity contribution is 0.111. The van der Waals surface area contributed by atoms with Gasteiger partial charge in [0.05, 0.1) is 12.2 Å². The molecule has 4 rings (SSSR count). The number of hydrogen-bond acceptors (Lipinski definition) is 4. The fourth-order valence-electron chi connectivity index (χ4n) is 5.37. The minimum absolute atomic E-state index is 0.157. The van der Waals surface area contributed by atoms with Gasteiger partial charge in [-0.2, -0.15) is 8.42 Å². The van der Waals surface area contributed by atoms with Gasteiger partial charge >= 0.3 is 10.4 Å². The standard InChI is InChI=1S/C24H32O4S/c1-24(2)16-20-21(17-24)23(15-19-12-8-5-9-13-19)28-29(25,26)27-22(20)14-18-10-6-3-4-7-11-18/h5-6,8-13,20-23H,3-4,7,14-17H2,1-2H3/t20?,21-,22+,23?/m0/s1. The molecule has 0 aromatic heterocycles. The molecule has 4 nitrogen and oxygen atoms in total. The molecule has 1 saturated heterocycles. The van der Waals surface area contributed by atoms with Gasteiger partial charge in [-0.1, -0.05) is 62.4 Å². The summed E-state index contributed by atoms with van der Waals surface area (Å²) >= 11 is 0. The van der Waals surface area contributed by atoms with Crippen molar-refractivity contribution in [1.82, 2.24) is 0 Å². The summed E-state index contributed by atoms with van der Waals surface area (Å²) in [4.78, 5) is 0. The molecule has 2 aliphatic carbocycles. The van der Waals surface area contributed by atoms with Crippen LogP contribution in [0.5, 0.6) is 0 Å². The van der Waals surface area contributed by atoms with Crippen LogP contribution in [0.15, 0.2) is 54.1 Å². The Morgan fingerprint density at radius 3 is 2.31 bits per heavy atom. The first kappa shape index (κ1) is 20.8. The average molecular weight is 417 g/mol. The maximum atomic E-state index is 12.7. The van der Waals surface area contributed by atoms with Gasteiger partial charge in [-0.3, -0.25) is 0 Å². The number of hydrogen-bond donors (Lipinski definition) is 0. The fraction of sp³-hybridized carbons (Fsp3) is 0.583. The topological polar surface area (TPSA) is 52.6 Å². The second-order valence-corrected chi connectivity index (χ2v) is 10.8. The molecule has 0 radical (unpaired) electrons. The van der Waals surface area contributed by atoms with Gasteiger partial charge in [0, 0.05) is 12.8 Å². The highest BCUT2D eigenvalue weighted by molar-refractivity contribution is 7.81. The number of rotatable bonds is 4. The van der Waals surface area contributed by atoms with E-state index in [1.165, 1.54) is 5.57 Å². The summed E-state index contributed by atoms with van der Waals surface area (Å²) in [5, 5.41) is 0. The minimum atomic E-state index is -4.03. The molecule has 2 unspecified atom stereocenters. The van der Waals surface area contributed by atoms with Gasteiger partial charge in [-0.05, 0) is 60.5 Å². The molecule has 1 heterocycles. The molecule has 1 aromatic carbocycles. The zero-order valence-corrected chi connectivity index (χ0v) is 18.2. The third-order valence-electron chi connectivity index (χ3n) is 6.59. The van der Waals surface area contributed by atoms with Crippen LogP contribution in [-0.4, -0.2) is 20.6 Å². The third-order valence-corrected chi connectivity index (χ3v) is 7.56. The van der Waals surface area contributed by atoms with E-state index in [9.17, 15) is 8.42 Å². The molecule has 0 amide bonds. The van der Waals surface area contributed by atoms with Crippen LogP contribution in [0.4, 0.5) is 0 Å². The maximum Gasteiger partial charge on any atom is 0.400 e. The van der Waals surface area contributed by atoms with Gasteiger partial charge in [0.25, 0.3) is 0 Å². The summed E-state index contributed by atoms with van der Waals surface area (Å²) in [5.41, 5.74) is 2.45. The third kappa shape index (κ3) is 5.19. The van der Waals surface area contributed by atoms with Gasteiger partial charge < -0.3 is 0 Å². The predicted octanol–water partition coefficient (Wildman–Crippen LogP) is 5.37. The molecule has 0 bridgehead atoms. The normalized spacial score (nSPS) is 33.4. The van der Waals surface area contributed by atoms with Crippen LogP contribution in [0.1, 0.15) is 57.9 Å². The van der Waals surface area contributed by atoms with Gasteiger partial charge in [0.2, 0.25) is 0 Å². The highest BCUT2D eigenvalue weighted by atomic mass is 32.3. The largest absolute Gasteiger partial charge is 0.400 e. The Bertz CT molecular complexity index is 869. The summed E-state index contributed by atoms with van der Waals surface area (Å²) in [5.74, 6) is 0.344. The van der Waals surface area contributed by atoms with Crippen molar-refractivity contribution in [2.75, 3.05) is 0 Å². The summed E-state index contributed by atoms with van der Waals surface area (Å²) in [7, 11) is -4.03. The van der Waals surface area contributed by atoms with Crippen molar-refractivity contribution in [1.29, 1.82) is 0 Å². The monoisotopic (exact) mass is 416 g/mol. The van der Waals surface area contributed by atoms with Crippen molar-refractivity contribution < 1.29 is 16.8 Å². The van der Waals surface area contributed by atoms with E-state index in [1.807, 2.05) is 30.3 Å². The van der Waals surface area contributed by atoms with E-state index in [2.05, 4.69) is 32.1 Å². The minimum Gasteiger partial charge on any atom is -0.244 e. The van der Waals surface area contributed by atoms with E-state index < -0.39 is 10.4 Å². The Balaban J connectivity index is 1.63. The number of fused-ring (bicyclic) bond motifs is 1. The second-order valence-electron chi connectivity index (χ2n) is 9.58. The highest BCUT2D eigenvalue weighted by Gasteiger charge is 2.51. The first-order valence-corrected chi connectivity index (χ1v) is 12.2. The first-order chi connectivity index (χ1) is 13.8. The Hall–Kier alpha value is -1.43. The number of allylic oxidation sites excluding steroid dienone is 3. The molecular formula is C24H32O4S. The van der Waals surface area contributed by atoms with E-state index >= 15 is 0 Å². The lowest BCUT2D eigenvalue weighted by Crippen LogP contribution is -2.31. The predicted molar refractivity (Wildman–Crippen MR) is 114 cm³/mol. The smallest absolute Gasteiger partial charge is 0.244 e. The molecule has 2 fully saturated rings. The van der Waals surface area contributed by atoms with Crippen molar-refractivity contribution in [3.63, 3.8) is 0 Å². The van der Waals surface area contributed by atoms with E-state index in [1.54, 1.807) is 0 Å². The van der Waals surface area contributed by atoms with Gasteiger partial charge in [0.15, 0.2) is 0 Å². The van der Waals surface area contributed by atoms with Crippen molar-refractivity contribution in [3.8, 4) is 0 Å². The molecule has 3 aliphatic rings. The van der Waals surface area contributed by atoms with E-state index in [0.29, 0.717) is 12.8 Å². The molecule has 29 heavy (non-hydrogen) atoms. The first-order valence-electron chi connectivity index (χ1n) is 10.8. The molecule has 0 N–H and O–H groups in total. The molecule has 4 atom stereocenters. The van der Waals surface area contributed by atoms with Crippen LogP contribution >= 0.6 is 0 Å². The summed E-state index contributed by atoms with van der Waals surface area (Å²) in [6.07, 6.45) is 12.2. The van der Waals surface area contributed by atoms with Crippen LogP contribution in [0, 0.1) is 17.3 Å². The van der Waals surface area contributed by atoms with Gasteiger partial charge in [-0.15, -0.1) is 0 Å². The van der Waals surface area contributed by atoms with Crippen LogP contribution in [0.2, 0.25) is 0 Å². The zero-order chi connectivity index (χ0) is 20.5. The Kier molecular flexibility index (Phi) is 6.01. The van der Waals surface area contributed by atoms with Crippen molar-refractivity contribution in [3.05, 3.63) is 59.7 Å². The van der Waals surface area contributed by atoms with Crippen LogP contribution < -0.4 is 0 Å². The summed E-state index contributed by atoms with van der Waals surface area (Å²) < 4.78 is 36.8. The molecule has 1 saturated carbocycles. The fourth-order valence-corrected chi connectivity index (χ4v) is 6.44. The molecule has 0 spiro atoms. The van der Waals surface area contributed by atoms with Crippen molar-refractivity contribution in [2.24, 2.45) is 17.3 Å². The quantitative estimate of drug-likeness (QED) is 0.662. The van der Waals surface area contributed by atoms with Crippen molar-refractivity contribution >= 4 is 10.4 Å². The van der Waals surface area contributed by atoms with Crippen LogP contribution in [0.25, 0.3) is 0 Å². The summed E-state index contributed by atoms with van der Waals surface area (Å²) in [6, 6.07) is 10.0. The van der Waals surface area contributed by atoms with Crippen molar-refractivity contribution in [2.45, 2.75) is 71.0 Å². The SMILES string of the molecule is CC1(C)CC2[C@H](C1)C(Cc1ccccc1)OS(=O)(=O)O[C@@H]2CC1=CCCCC=C1. The second kappa shape index (κ2) is 8.37.